The first-order chi connectivity index (χ1) is 6.44. The van der Waals surface area contributed by atoms with Crippen LogP contribution in [0.25, 0.3) is 0 Å². The van der Waals surface area contributed by atoms with Crippen molar-refractivity contribution >= 4 is 0 Å². The normalized spacial score (nSPS) is 29.8. The van der Waals surface area contributed by atoms with Gasteiger partial charge in [0.05, 0.1) is 5.60 Å². The first-order valence-electron chi connectivity index (χ1n) is 5.60. The molecule has 0 aromatic carbocycles. The molecule has 0 radical (unpaired) electrons. The van der Waals surface area contributed by atoms with E-state index in [1.807, 2.05) is 13.8 Å². The maximum Gasteiger partial charge on any atom is 0.0603 e. The van der Waals surface area contributed by atoms with Crippen molar-refractivity contribution in [1.82, 2.24) is 4.90 Å². The summed E-state index contributed by atoms with van der Waals surface area (Å²) in [5, 5.41) is 9.64. The van der Waals surface area contributed by atoms with Gasteiger partial charge in [-0.15, -0.1) is 0 Å². The Morgan fingerprint density at radius 2 is 2.14 bits per heavy atom. The van der Waals surface area contributed by atoms with Crippen molar-refractivity contribution in [1.29, 1.82) is 0 Å². The minimum atomic E-state index is -0.551. The quantitative estimate of drug-likeness (QED) is 0.706. The van der Waals surface area contributed by atoms with E-state index in [-0.39, 0.29) is 0 Å². The first-order valence-corrected chi connectivity index (χ1v) is 5.60. The first kappa shape index (κ1) is 12.0. The van der Waals surface area contributed by atoms with Gasteiger partial charge in [0.1, 0.15) is 0 Å². The summed E-state index contributed by atoms with van der Waals surface area (Å²) in [7, 11) is 0. The van der Waals surface area contributed by atoms with E-state index in [1.165, 1.54) is 6.42 Å². The van der Waals surface area contributed by atoms with E-state index in [0.717, 1.165) is 26.1 Å². The van der Waals surface area contributed by atoms with Crippen molar-refractivity contribution in [2.75, 3.05) is 19.6 Å². The second kappa shape index (κ2) is 4.60. The molecule has 0 aliphatic carbocycles. The van der Waals surface area contributed by atoms with E-state index in [4.69, 9.17) is 5.73 Å². The summed E-state index contributed by atoms with van der Waals surface area (Å²) in [6.07, 6.45) is 2.07. The number of nitrogens with two attached hydrogens (primary N) is 1. The van der Waals surface area contributed by atoms with Gasteiger partial charge in [0.15, 0.2) is 0 Å². The maximum atomic E-state index is 9.64. The molecule has 2 atom stereocenters. The molecule has 3 N–H and O–H groups in total. The van der Waals surface area contributed by atoms with E-state index >= 15 is 0 Å². The van der Waals surface area contributed by atoms with Crippen LogP contribution in [0.15, 0.2) is 0 Å². The molecule has 1 heterocycles. The van der Waals surface area contributed by atoms with Gasteiger partial charge in [-0.05, 0) is 39.2 Å². The van der Waals surface area contributed by atoms with E-state index < -0.39 is 5.60 Å². The van der Waals surface area contributed by atoms with Crippen LogP contribution in [0.1, 0.15) is 33.6 Å². The van der Waals surface area contributed by atoms with Crippen LogP contribution in [0, 0.1) is 5.92 Å². The summed E-state index contributed by atoms with van der Waals surface area (Å²) in [5.41, 5.74) is 5.20. The van der Waals surface area contributed by atoms with Crippen molar-refractivity contribution in [3.63, 3.8) is 0 Å². The second-order valence-corrected chi connectivity index (χ2v) is 5.17. The van der Waals surface area contributed by atoms with Crippen LogP contribution in [-0.4, -0.2) is 41.3 Å². The molecule has 1 aliphatic rings. The largest absolute Gasteiger partial charge is 0.390 e. The maximum absolute atomic E-state index is 9.64. The van der Waals surface area contributed by atoms with E-state index in [2.05, 4.69) is 11.8 Å². The van der Waals surface area contributed by atoms with Crippen LogP contribution in [0.3, 0.4) is 0 Å². The summed E-state index contributed by atoms with van der Waals surface area (Å²) >= 11 is 0. The number of hydrogen-bond donors (Lipinski definition) is 2. The molecular formula is C11H24N2O. The number of likely N-dealkylation sites (tertiary alicyclic amines) is 1. The van der Waals surface area contributed by atoms with Crippen molar-refractivity contribution in [2.45, 2.75) is 45.3 Å². The van der Waals surface area contributed by atoms with Crippen molar-refractivity contribution in [2.24, 2.45) is 11.7 Å². The third-order valence-electron chi connectivity index (χ3n) is 3.25. The monoisotopic (exact) mass is 200 g/mol. The SMILES string of the molecule is CC1CCN(CCC(C)(C)O)C1CN. The molecule has 0 spiro atoms. The lowest BCUT2D eigenvalue weighted by Crippen LogP contribution is -2.40. The molecule has 3 nitrogen and oxygen atoms in total. The fourth-order valence-electron chi connectivity index (χ4n) is 2.16. The lowest BCUT2D eigenvalue weighted by Gasteiger charge is -2.28. The van der Waals surface area contributed by atoms with Crippen LogP contribution in [0.5, 0.6) is 0 Å². The summed E-state index contributed by atoms with van der Waals surface area (Å²) in [6.45, 7) is 8.84. The van der Waals surface area contributed by atoms with Crippen molar-refractivity contribution in [3.8, 4) is 0 Å². The molecule has 3 heteroatoms. The predicted molar refractivity (Wildman–Crippen MR) is 59.1 cm³/mol. The zero-order valence-electron chi connectivity index (χ0n) is 9.66. The van der Waals surface area contributed by atoms with Crippen molar-refractivity contribution < 1.29 is 5.11 Å². The third-order valence-corrected chi connectivity index (χ3v) is 3.25. The minimum absolute atomic E-state index is 0.525. The molecule has 1 aliphatic heterocycles. The fourth-order valence-corrected chi connectivity index (χ4v) is 2.16. The number of hydrogen-bond acceptors (Lipinski definition) is 3. The Hall–Kier alpha value is -0.120. The van der Waals surface area contributed by atoms with Crippen molar-refractivity contribution in [3.05, 3.63) is 0 Å². The van der Waals surface area contributed by atoms with Crippen LogP contribution in [0.4, 0.5) is 0 Å². The Kier molecular flexibility index (Phi) is 3.93. The lowest BCUT2D eigenvalue weighted by atomic mass is 10.0. The number of rotatable bonds is 4. The van der Waals surface area contributed by atoms with Gasteiger partial charge in [-0.3, -0.25) is 4.90 Å². The zero-order chi connectivity index (χ0) is 10.8. The average Bonchev–Trinajstić information content (AvgIpc) is 2.41. The molecule has 2 unspecified atom stereocenters. The third kappa shape index (κ3) is 3.23. The highest BCUT2D eigenvalue weighted by Gasteiger charge is 2.30. The average molecular weight is 200 g/mol. The standard InChI is InChI=1S/C11H24N2O/c1-9-4-6-13(10(9)8-12)7-5-11(2,3)14/h9-10,14H,4-8,12H2,1-3H3. The van der Waals surface area contributed by atoms with Crippen LogP contribution < -0.4 is 5.73 Å². The molecule has 0 aromatic heterocycles. The summed E-state index contributed by atoms with van der Waals surface area (Å²) < 4.78 is 0. The Balaban J connectivity index is 2.38. The molecule has 14 heavy (non-hydrogen) atoms. The Bertz CT molecular complexity index is 177. The van der Waals surface area contributed by atoms with Gasteiger partial charge in [0.25, 0.3) is 0 Å². The van der Waals surface area contributed by atoms with E-state index in [1.54, 1.807) is 0 Å². The molecule has 0 aromatic rings. The lowest BCUT2D eigenvalue weighted by molar-refractivity contribution is 0.0552. The number of nitrogens with zero attached hydrogens (tertiary/aromatic N) is 1. The second-order valence-electron chi connectivity index (χ2n) is 5.17. The summed E-state index contributed by atoms with van der Waals surface area (Å²) in [6, 6.07) is 0.525. The summed E-state index contributed by atoms with van der Waals surface area (Å²) in [5.74, 6) is 0.710. The molecule has 84 valence electrons. The van der Waals surface area contributed by atoms with E-state index in [9.17, 15) is 5.11 Å². The smallest absolute Gasteiger partial charge is 0.0603 e. The van der Waals surface area contributed by atoms with Crippen LogP contribution in [0.2, 0.25) is 0 Å². The predicted octanol–water partition coefficient (Wildman–Crippen LogP) is 0.817. The molecule has 0 amide bonds. The van der Waals surface area contributed by atoms with Gasteiger partial charge in [-0.2, -0.15) is 0 Å². The minimum Gasteiger partial charge on any atom is -0.390 e. The van der Waals surface area contributed by atoms with Crippen LogP contribution >= 0.6 is 0 Å². The van der Waals surface area contributed by atoms with E-state index in [0.29, 0.717) is 12.0 Å². The molecule has 1 rings (SSSR count). The van der Waals surface area contributed by atoms with Crippen LogP contribution in [-0.2, 0) is 0 Å². The number of aliphatic hydroxyl groups is 1. The molecule has 0 saturated carbocycles. The Labute approximate surface area is 87.3 Å². The molecule has 0 bridgehead atoms. The Morgan fingerprint density at radius 1 is 1.50 bits per heavy atom. The highest BCUT2D eigenvalue weighted by Crippen LogP contribution is 2.24. The topological polar surface area (TPSA) is 49.5 Å². The highest BCUT2D eigenvalue weighted by molar-refractivity contribution is 4.86. The van der Waals surface area contributed by atoms with Gasteiger partial charge >= 0.3 is 0 Å². The molecule has 1 saturated heterocycles. The summed E-state index contributed by atoms with van der Waals surface area (Å²) in [4.78, 5) is 2.42. The van der Waals surface area contributed by atoms with Gasteiger partial charge in [-0.1, -0.05) is 6.92 Å². The van der Waals surface area contributed by atoms with Gasteiger partial charge in [-0.25, -0.2) is 0 Å². The highest BCUT2D eigenvalue weighted by atomic mass is 16.3. The van der Waals surface area contributed by atoms with Gasteiger partial charge in [0, 0.05) is 19.1 Å². The molecule has 1 fully saturated rings. The fraction of sp³-hybridized carbons (Fsp3) is 1.00. The Morgan fingerprint density at radius 3 is 2.64 bits per heavy atom. The molecular weight excluding hydrogens is 176 g/mol. The van der Waals surface area contributed by atoms with Gasteiger partial charge in [0.2, 0.25) is 0 Å². The zero-order valence-corrected chi connectivity index (χ0v) is 9.66. The van der Waals surface area contributed by atoms with Gasteiger partial charge < -0.3 is 10.8 Å².